The van der Waals surface area contributed by atoms with Crippen molar-refractivity contribution >= 4 is 15.9 Å². The molecule has 0 aromatic carbocycles. The smallest absolute Gasteiger partial charge is 0.239 e. The monoisotopic (exact) mass is 249 g/mol. The summed E-state index contributed by atoms with van der Waals surface area (Å²) in [4.78, 5) is 13.4. The minimum absolute atomic E-state index is 0.0874. The van der Waals surface area contributed by atoms with Crippen molar-refractivity contribution in [1.82, 2.24) is 9.21 Å². The van der Waals surface area contributed by atoms with Crippen molar-refractivity contribution in [3.63, 3.8) is 0 Å². The van der Waals surface area contributed by atoms with Gasteiger partial charge in [-0.15, -0.1) is 0 Å². The Balaban J connectivity index is 2.53. The van der Waals surface area contributed by atoms with E-state index in [9.17, 15) is 13.2 Å². The van der Waals surface area contributed by atoms with Crippen LogP contribution in [0.1, 0.15) is 13.3 Å². The van der Waals surface area contributed by atoms with Crippen LogP contribution in [0.25, 0.3) is 0 Å². The quantitative estimate of drug-likeness (QED) is 0.683. The summed E-state index contributed by atoms with van der Waals surface area (Å²) in [6.07, 6.45) is 1.79. The topological polar surface area (TPSA) is 83.7 Å². The fourth-order valence-electron chi connectivity index (χ4n) is 1.65. The van der Waals surface area contributed by atoms with Crippen molar-refractivity contribution < 1.29 is 13.2 Å². The van der Waals surface area contributed by atoms with E-state index < -0.39 is 16.1 Å². The van der Waals surface area contributed by atoms with Gasteiger partial charge in [0.05, 0.1) is 12.3 Å². The first kappa shape index (κ1) is 13.4. The van der Waals surface area contributed by atoms with Crippen LogP contribution in [0.5, 0.6) is 0 Å². The van der Waals surface area contributed by atoms with E-state index in [0.717, 1.165) is 0 Å². The zero-order valence-corrected chi connectivity index (χ0v) is 10.5. The second-order valence-electron chi connectivity index (χ2n) is 4.00. The molecule has 16 heavy (non-hydrogen) atoms. The van der Waals surface area contributed by atoms with Gasteiger partial charge in [0.15, 0.2) is 0 Å². The van der Waals surface area contributed by atoms with Gasteiger partial charge < -0.3 is 10.6 Å². The van der Waals surface area contributed by atoms with Gasteiger partial charge >= 0.3 is 0 Å². The fraction of sp³-hybridized carbons (Fsp3) is 0.889. The molecule has 0 unspecified atom stereocenters. The van der Waals surface area contributed by atoms with Crippen molar-refractivity contribution in [3.05, 3.63) is 0 Å². The van der Waals surface area contributed by atoms with Gasteiger partial charge in [0, 0.05) is 26.2 Å². The van der Waals surface area contributed by atoms with Gasteiger partial charge in [-0.2, -0.15) is 4.31 Å². The number of sulfonamides is 1. The Bertz CT molecular complexity index is 347. The number of carbonyl (C=O) groups excluding carboxylic acids is 1. The van der Waals surface area contributed by atoms with Crippen LogP contribution < -0.4 is 5.73 Å². The van der Waals surface area contributed by atoms with Gasteiger partial charge in [-0.3, -0.25) is 4.79 Å². The van der Waals surface area contributed by atoms with Gasteiger partial charge in [-0.1, -0.05) is 6.92 Å². The molecule has 0 aromatic heterocycles. The van der Waals surface area contributed by atoms with E-state index in [1.54, 1.807) is 4.90 Å². The van der Waals surface area contributed by atoms with Crippen LogP contribution in [0, 0.1) is 0 Å². The maximum atomic E-state index is 11.7. The van der Waals surface area contributed by atoms with Gasteiger partial charge in [0.2, 0.25) is 15.9 Å². The van der Waals surface area contributed by atoms with Crippen molar-refractivity contribution in [2.75, 3.05) is 32.4 Å². The summed E-state index contributed by atoms with van der Waals surface area (Å²) in [6.45, 7) is 3.44. The minimum atomic E-state index is -3.14. The van der Waals surface area contributed by atoms with Crippen molar-refractivity contribution in [2.45, 2.75) is 19.4 Å². The molecule has 0 saturated carbocycles. The van der Waals surface area contributed by atoms with E-state index in [1.165, 1.54) is 10.6 Å². The van der Waals surface area contributed by atoms with Crippen LogP contribution >= 0.6 is 0 Å². The van der Waals surface area contributed by atoms with Gasteiger partial charge in [-0.05, 0) is 6.42 Å². The zero-order chi connectivity index (χ0) is 12.3. The first-order valence-electron chi connectivity index (χ1n) is 5.35. The minimum Gasteiger partial charge on any atom is -0.339 e. The molecule has 1 rings (SSSR count). The summed E-state index contributed by atoms with van der Waals surface area (Å²) in [5, 5.41) is 0. The van der Waals surface area contributed by atoms with Crippen molar-refractivity contribution in [3.8, 4) is 0 Å². The summed E-state index contributed by atoms with van der Waals surface area (Å²) in [5.41, 5.74) is 5.64. The Kier molecular flexibility index (Phi) is 4.28. The third-order valence-corrected chi connectivity index (χ3v) is 4.08. The second-order valence-corrected chi connectivity index (χ2v) is 5.98. The lowest BCUT2D eigenvalue weighted by Crippen LogP contribution is -2.53. The van der Waals surface area contributed by atoms with Gasteiger partial charge in [0.1, 0.15) is 0 Å². The molecule has 6 nitrogen and oxygen atoms in total. The van der Waals surface area contributed by atoms with E-state index in [-0.39, 0.29) is 5.91 Å². The molecule has 0 radical (unpaired) electrons. The molecule has 1 heterocycles. The van der Waals surface area contributed by atoms with Crippen LogP contribution in [-0.2, 0) is 14.8 Å². The molecule has 0 aromatic rings. The van der Waals surface area contributed by atoms with Crippen LogP contribution in [-0.4, -0.2) is 62.0 Å². The lowest BCUT2D eigenvalue weighted by molar-refractivity contribution is -0.133. The van der Waals surface area contributed by atoms with Crippen molar-refractivity contribution in [1.29, 1.82) is 0 Å². The largest absolute Gasteiger partial charge is 0.339 e. The highest BCUT2D eigenvalue weighted by atomic mass is 32.2. The lowest BCUT2D eigenvalue weighted by Gasteiger charge is -2.34. The third kappa shape index (κ3) is 3.16. The van der Waals surface area contributed by atoms with E-state index in [2.05, 4.69) is 0 Å². The van der Waals surface area contributed by atoms with Gasteiger partial charge in [0.25, 0.3) is 0 Å². The Labute approximate surface area is 96.4 Å². The standard InChI is InChI=1S/C9H19N3O3S/c1-3-8(10)9(13)11-4-6-12(7-5-11)16(2,14)15/h8H,3-7,10H2,1-2H3/t8-/m0/s1. The van der Waals surface area contributed by atoms with E-state index in [4.69, 9.17) is 5.73 Å². The third-order valence-electron chi connectivity index (χ3n) is 2.78. The normalized spacial score (nSPS) is 20.8. The lowest BCUT2D eigenvalue weighted by atomic mass is 10.2. The second kappa shape index (κ2) is 5.11. The molecule has 1 aliphatic heterocycles. The number of carbonyl (C=O) groups is 1. The molecule has 2 N–H and O–H groups in total. The van der Waals surface area contributed by atoms with Crippen LogP contribution in [0.4, 0.5) is 0 Å². The van der Waals surface area contributed by atoms with E-state index >= 15 is 0 Å². The average molecular weight is 249 g/mol. The SMILES string of the molecule is CC[C@H](N)C(=O)N1CCN(S(C)(=O)=O)CC1. The first-order chi connectivity index (χ1) is 7.36. The maximum Gasteiger partial charge on any atom is 0.239 e. The molecule has 0 bridgehead atoms. The first-order valence-corrected chi connectivity index (χ1v) is 7.20. The predicted molar refractivity (Wildman–Crippen MR) is 61.3 cm³/mol. The Morgan fingerprint density at radius 1 is 1.31 bits per heavy atom. The molecule has 7 heteroatoms. The number of amides is 1. The fourth-order valence-corrected chi connectivity index (χ4v) is 2.48. The number of nitrogens with zero attached hydrogens (tertiary/aromatic N) is 2. The zero-order valence-electron chi connectivity index (χ0n) is 9.72. The highest BCUT2D eigenvalue weighted by Crippen LogP contribution is 2.07. The summed E-state index contributed by atoms with van der Waals surface area (Å²) in [6, 6.07) is -0.468. The number of nitrogens with two attached hydrogens (primary N) is 1. The van der Waals surface area contributed by atoms with Gasteiger partial charge in [-0.25, -0.2) is 8.42 Å². The average Bonchev–Trinajstić information content (AvgIpc) is 2.26. The molecule has 1 aliphatic rings. The highest BCUT2D eigenvalue weighted by molar-refractivity contribution is 7.88. The Morgan fingerprint density at radius 2 is 1.81 bits per heavy atom. The Hall–Kier alpha value is -0.660. The van der Waals surface area contributed by atoms with Crippen LogP contribution in [0.15, 0.2) is 0 Å². The molecular formula is C9H19N3O3S. The molecule has 0 aliphatic carbocycles. The summed E-state index contributed by atoms with van der Waals surface area (Å²) in [7, 11) is -3.14. The highest BCUT2D eigenvalue weighted by Gasteiger charge is 2.27. The molecule has 1 amide bonds. The Morgan fingerprint density at radius 3 is 2.19 bits per heavy atom. The number of rotatable bonds is 3. The molecule has 1 fully saturated rings. The maximum absolute atomic E-state index is 11.7. The molecule has 0 spiro atoms. The van der Waals surface area contributed by atoms with Crippen molar-refractivity contribution in [2.24, 2.45) is 5.73 Å². The summed E-state index contributed by atoms with van der Waals surface area (Å²) >= 11 is 0. The number of hydrogen-bond donors (Lipinski definition) is 1. The van der Waals surface area contributed by atoms with Crippen LogP contribution in [0.3, 0.4) is 0 Å². The summed E-state index contributed by atoms with van der Waals surface area (Å²) in [5.74, 6) is -0.0874. The molecule has 94 valence electrons. The van der Waals surface area contributed by atoms with E-state index in [0.29, 0.717) is 32.6 Å². The number of piperazine rings is 1. The molecule has 1 atom stereocenters. The predicted octanol–water partition coefficient (Wildman–Crippen LogP) is -1.17. The molecule has 1 saturated heterocycles. The summed E-state index contributed by atoms with van der Waals surface area (Å²) < 4.78 is 23.9. The molecular weight excluding hydrogens is 230 g/mol. The number of hydrogen-bond acceptors (Lipinski definition) is 4. The van der Waals surface area contributed by atoms with E-state index in [1.807, 2.05) is 6.92 Å². The van der Waals surface area contributed by atoms with Crippen LogP contribution in [0.2, 0.25) is 0 Å².